The average molecular weight is 242 g/mol. The second-order valence-corrected chi connectivity index (χ2v) is 7.66. The second kappa shape index (κ2) is 3.61. The van der Waals surface area contributed by atoms with Gasteiger partial charge in [-0.3, -0.25) is 0 Å². The molecule has 0 aromatic rings. The van der Waals surface area contributed by atoms with Crippen LogP contribution in [0.3, 0.4) is 0 Å². The summed E-state index contributed by atoms with van der Waals surface area (Å²) >= 11 is 10.4. The fourth-order valence-corrected chi connectivity index (χ4v) is 1.70. The van der Waals surface area contributed by atoms with Crippen molar-refractivity contribution in [2.45, 2.75) is 36.3 Å². The summed E-state index contributed by atoms with van der Waals surface area (Å²) in [5.41, 5.74) is 0. The van der Waals surface area contributed by atoms with Gasteiger partial charge in [0.05, 0.1) is 6.21 Å². The lowest BCUT2D eigenvalue weighted by Gasteiger charge is -2.17. The Hall–Kier alpha value is 0.560. The van der Waals surface area contributed by atoms with Gasteiger partial charge in [0.25, 0.3) is 0 Å². The SMILES string of the molecule is CC(C)(C)[S+]([O-])/N=C\[C@H]1CC1(Cl)Cl. The zero-order valence-corrected chi connectivity index (χ0v) is 10.2. The monoisotopic (exact) mass is 241 g/mol. The van der Waals surface area contributed by atoms with Gasteiger partial charge < -0.3 is 4.55 Å². The molecule has 0 aromatic carbocycles. The molecule has 1 fully saturated rings. The van der Waals surface area contributed by atoms with Gasteiger partial charge in [0.2, 0.25) is 0 Å². The van der Waals surface area contributed by atoms with Crippen molar-refractivity contribution in [1.82, 2.24) is 0 Å². The number of hydrogen-bond donors (Lipinski definition) is 0. The van der Waals surface area contributed by atoms with E-state index in [1.165, 1.54) is 0 Å². The second-order valence-electron chi connectivity index (χ2n) is 4.19. The molecule has 1 aliphatic rings. The molecule has 5 heteroatoms. The Morgan fingerprint density at radius 2 is 2.00 bits per heavy atom. The molecular weight excluding hydrogens is 229 g/mol. The Labute approximate surface area is 92.0 Å². The molecule has 76 valence electrons. The van der Waals surface area contributed by atoms with Crippen LogP contribution >= 0.6 is 23.2 Å². The van der Waals surface area contributed by atoms with E-state index in [1.54, 1.807) is 6.21 Å². The van der Waals surface area contributed by atoms with Crippen molar-refractivity contribution >= 4 is 40.8 Å². The van der Waals surface area contributed by atoms with Gasteiger partial charge in [-0.1, -0.05) is 4.40 Å². The molecule has 0 spiro atoms. The maximum Gasteiger partial charge on any atom is 0.144 e. The Morgan fingerprint density at radius 3 is 2.31 bits per heavy atom. The molecule has 2 nitrogen and oxygen atoms in total. The van der Waals surface area contributed by atoms with Gasteiger partial charge in [0.1, 0.15) is 20.4 Å². The van der Waals surface area contributed by atoms with Crippen LogP contribution in [0.5, 0.6) is 0 Å². The van der Waals surface area contributed by atoms with Crippen molar-refractivity contribution < 1.29 is 4.55 Å². The first-order valence-electron chi connectivity index (χ1n) is 4.07. The number of alkyl halides is 2. The van der Waals surface area contributed by atoms with Crippen LogP contribution in [0.25, 0.3) is 0 Å². The van der Waals surface area contributed by atoms with E-state index >= 15 is 0 Å². The molecule has 0 radical (unpaired) electrons. The summed E-state index contributed by atoms with van der Waals surface area (Å²) in [6.45, 7) is 5.63. The largest absolute Gasteiger partial charge is 0.591 e. The quantitative estimate of drug-likeness (QED) is 0.416. The first-order valence-corrected chi connectivity index (χ1v) is 5.94. The van der Waals surface area contributed by atoms with E-state index in [9.17, 15) is 4.55 Å². The molecule has 0 aliphatic heterocycles. The maximum absolute atomic E-state index is 11.4. The van der Waals surface area contributed by atoms with Crippen LogP contribution in [0.1, 0.15) is 27.2 Å². The number of hydrogen-bond acceptors (Lipinski definition) is 2. The van der Waals surface area contributed by atoms with Crippen LogP contribution in [0.4, 0.5) is 0 Å². The third kappa shape index (κ3) is 3.31. The minimum atomic E-state index is -1.20. The van der Waals surface area contributed by atoms with Crippen LogP contribution < -0.4 is 0 Å². The van der Waals surface area contributed by atoms with Crippen molar-refractivity contribution in [1.29, 1.82) is 0 Å². The van der Waals surface area contributed by atoms with Crippen LogP contribution in [0, 0.1) is 5.92 Å². The zero-order valence-electron chi connectivity index (χ0n) is 7.88. The highest BCUT2D eigenvalue weighted by atomic mass is 35.5. The van der Waals surface area contributed by atoms with Gasteiger partial charge in [0.15, 0.2) is 0 Å². The van der Waals surface area contributed by atoms with Crippen LogP contribution in [-0.4, -0.2) is 19.8 Å². The summed E-state index contributed by atoms with van der Waals surface area (Å²) in [4.78, 5) is 0. The molecule has 2 atom stereocenters. The normalized spacial score (nSPS) is 29.2. The highest BCUT2D eigenvalue weighted by Gasteiger charge is 2.51. The maximum atomic E-state index is 11.4. The summed E-state index contributed by atoms with van der Waals surface area (Å²) in [5, 5.41) is 0. The average Bonchev–Trinajstić information content (AvgIpc) is 2.52. The molecule has 1 rings (SSSR count). The van der Waals surface area contributed by atoms with Gasteiger partial charge in [-0.15, -0.1) is 23.2 Å². The summed E-state index contributed by atoms with van der Waals surface area (Å²) in [6.07, 6.45) is 2.32. The first-order chi connectivity index (χ1) is 5.73. The number of rotatable bonds is 2. The molecule has 0 amide bonds. The molecule has 0 saturated heterocycles. The van der Waals surface area contributed by atoms with Crippen LogP contribution in [0.2, 0.25) is 0 Å². The van der Waals surface area contributed by atoms with Crippen molar-refractivity contribution in [3.63, 3.8) is 0 Å². The van der Waals surface area contributed by atoms with Gasteiger partial charge in [-0.2, -0.15) is 0 Å². The van der Waals surface area contributed by atoms with E-state index in [1.807, 2.05) is 20.8 Å². The lowest BCUT2D eigenvalue weighted by Crippen LogP contribution is -2.26. The molecule has 1 saturated carbocycles. The Bertz CT molecular complexity index is 225. The van der Waals surface area contributed by atoms with Crippen molar-refractivity contribution in [3.05, 3.63) is 0 Å². The standard InChI is InChI=1S/C8H13Cl2NOS/c1-7(2,3)13(12)11-5-6-4-8(6,9)10/h5-6H,4H2,1-3H3/b11-5-/t6-,13?/m1/s1. The molecule has 0 aromatic heterocycles. The summed E-state index contributed by atoms with van der Waals surface area (Å²) in [6, 6.07) is 0. The van der Waals surface area contributed by atoms with E-state index in [-0.39, 0.29) is 10.7 Å². The lowest BCUT2D eigenvalue weighted by molar-refractivity contribution is 0.561. The minimum absolute atomic E-state index is 0.0714. The zero-order chi connectivity index (χ0) is 10.3. The van der Waals surface area contributed by atoms with E-state index in [4.69, 9.17) is 23.2 Å². The predicted molar refractivity (Wildman–Crippen MR) is 58.9 cm³/mol. The van der Waals surface area contributed by atoms with Gasteiger partial charge >= 0.3 is 0 Å². The third-order valence-corrected chi connectivity index (χ3v) is 3.96. The van der Waals surface area contributed by atoms with Crippen LogP contribution in [-0.2, 0) is 11.4 Å². The molecular formula is C8H13Cl2NOS. The van der Waals surface area contributed by atoms with Crippen molar-refractivity contribution in [2.24, 2.45) is 10.3 Å². The Morgan fingerprint density at radius 1 is 1.54 bits per heavy atom. The minimum Gasteiger partial charge on any atom is -0.591 e. The van der Waals surface area contributed by atoms with Gasteiger partial charge in [0, 0.05) is 5.92 Å². The van der Waals surface area contributed by atoms with E-state index in [2.05, 4.69) is 4.40 Å². The van der Waals surface area contributed by atoms with Gasteiger partial charge in [-0.25, -0.2) is 0 Å². The molecule has 0 bridgehead atoms. The fourth-order valence-electron chi connectivity index (χ4n) is 0.683. The predicted octanol–water partition coefficient (Wildman–Crippen LogP) is 2.71. The molecule has 0 heterocycles. The topological polar surface area (TPSA) is 35.4 Å². The van der Waals surface area contributed by atoms with E-state index in [0.717, 1.165) is 0 Å². The fraction of sp³-hybridized carbons (Fsp3) is 0.875. The van der Waals surface area contributed by atoms with Crippen molar-refractivity contribution in [2.75, 3.05) is 0 Å². The van der Waals surface area contributed by atoms with Gasteiger partial charge in [-0.05, 0) is 27.2 Å². The summed E-state index contributed by atoms with van der Waals surface area (Å²) < 4.78 is 14.4. The third-order valence-electron chi connectivity index (χ3n) is 1.73. The Kier molecular flexibility index (Phi) is 3.23. The summed E-state index contributed by atoms with van der Waals surface area (Å²) in [7, 11) is 0. The lowest BCUT2D eigenvalue weighted by atomic mass is 10.3. The first kappa shape index (κ1) is 11.6. The molecule has 1 unspecified atom stereocenters. The molecule has 13 heavy (non-hydrogen) atoms. The Balaban J connectivity index is 2.42. The highest BCUT2D eigenvalue weighted by Crippen LogP contribution is 2.52. The summed E-state index contributed by atoms with van der Waals surface area (Å²) in [5.74, 6) is 0.0714. The van der Waals surface area contributed by atoms with E-state index < -0.39 is 15.7 Å². The van der Waals surface area contributed by atoms with Crippen molar-refractivity contribution in [3.8, 4) is 0 Å². The smallest absolute Gasteiger partial charge is 0.144 e. The highest BCUT2D eigenvalue weighted by molar-refractivity contribution is 7.91. The molecule has 1 aliphatic carbocycles. The number of nitrogens with zero attached hydrogens (tertiary/aromatic N) is 1. The van der Waals surface area contributed by atoms with Crippen LogP contribution in [0.15, 0.2) is 4.40 Å². The molecule has 0 N–H and O–H groups in total. The van der Waals surface area contributed by atoms with E-state index in [0.29, 0.717) is 6.42 Å². The number of halogens is 2.